The van der Waals surface area contributed by atoms with E-state index in [4.69, 9.17) is 10.8 Å². The van der Waals surface area contributed by atoms with Crippen LogP contribution in [0, 0.1) is 0 Å². The maximum Gasteiger partial charge on any atom is 0.573 e. The number of carbonyl (C=O) groups is 1. The topological polar surface area (TPSA) is 85.4 Å². The molecule has 0 aromatic carbocycles. The Hall–Kier alpha value is -2.04. The monoisotopic (exact) mass is 304 g/mol. The molecule has 1 aromatic heterocycles. The number of hydrogen-bond donors (Lipinski definition) is 2. The van der Waals surface area contributed by atoms with E-state index in [1.807, 2.05) is 0 Å². The molecular weight excluding hydrogens is 298 g/mol. The Morgan fingerprint density at radius 1 is 1.30 bits per heavy atom. The molecule has 112 valence electrons. The van der Waals surface area contributed by atoms with E-state index < -0.39 is 47.6 Å². The molecule has 0 fully saturated rings. The van der Waals surface area contributed by atoms with Crippen molar-refractivity contribution < 1.29 is 41.0 Å². The number of aromatic nitrogens is 1. The fraction of sp³-hybridized carbons (Fsp3) is 0.333. The summed E-state index contributed by atoms with van der Waals surface area (Å²) in [5, 5.41) is 8.67. The van der Waals surface area contributed by atoms with Crippen molar-refractivity contribution in [3.63, 3.8) is 0 Å². The van der Waals surface area contributed by atoms with Crippen LogP contribution in [0.2, 0.25) is 0 Å². The van der Waals surface area contributed by atoms with Crippen molar-refractivity contribution in [2.45, 2.75) is 19.1 Å². The molecule has 3 N–H and O–H groups in total. The highest BCUT2D eigenvalue weighted by molar-refractivity contribution is 5.91. The number of pyridine rings is 1. The van der Waals surface area contributed by atoms with Crippen molar-refractivity contribution in [1.82, 2.24) is 4.98 Å². The van der Waals surface area contributed by atoms with Crippen molar-refractivity contribution in [1.29, 1.82) is 0 Å². The first-order valence-corrected chi connectivity index (χ1v) is 4.75. The Balaban J connectivity index is 3.59. The van der Waals surface area contributed by atoms with Crippen LogP contribution in [0.4, 0.5) is 26.3 Å². The lowest BCUT2D eigenvalue weighted by Crippen LogP contribution is -2.24. The minimum Gasteiger partial charge on any atom is -0.477 e. The van der Waals surface area contributed by atoms with Crippen LogP contribution in [-0.4, -0.2) is 22.4 Å². The smallest absolute Gasteiger partial charge is 0.477 e. The standard InChI is InChI=1S/C9H6F6N2O3/c10-8(11,12)6-3(1-16)5(20-9(13,14)15)4(2-17-6)7(18)19/h2H,1,16H2,(H,18,19). The fourth-order valence-electron chi connectivity index (χ4n) is 1.35. The van der Waals surface area contributed by atoms with Crippen LogP contribution in [0.15, 0.2) is 6.20 Å². The number of halogens is 6. The normalized spacial score (nSPS) is 12.3. The lowest BCUT2D eigenvalue weighted by molar-refractivity contribution is -0.275. The SMILES string of the molecule is NCc1c(C(F)(F)F)ncc(C(=O)O)c1OC(F)(F)F. The molecule has 0 saturated heterocycles. The van der Waals surface area contributed by atoms with Gasteiger partial charge in [0.25, 0.3) is 0 Å². The molecular formula is C9H6F6N2O3. The molecule has 0 aliphatic heterocycles. The Labute approximate surface area is 107 Å². The van der Waals surface area contributed by atoms with Crippen LogP contribution in [0.1, 0.15) is 21.6 Å². The molecule has 1 heterocycles. The number of rotatable bonds is 3. The second-order valence-corrected chi connectivity index (χ2v) is 3.38. The maximum atomic E-state index is 12.6. The predicted octanol–water partition coefficient (Wildman–Crippen LogP) is 2.16. The van der Waals surface area contributed by atoms with E-state index in [0.717, 1.165) is 0 Å². The Bertz CT molecular complexity index is 526. The molecule has 20 heavy (non-hydrogen) atoms. The Kier molecular flexibility index (Phi) is 4.12. The van der Waals surface area contributed by atoms with Gasteiger partial charge in [-0.2, -0.15) is 13.2 Å². The number of alkyl halides is 6. The first-order valence-electron chi connectivity index (χ1n) is 4.75. The third-order valence-corrected chi connectivity index (χ3v) is 2.05. The van der Waals surface area contributed by atoms with Crippen LogP contribution < -0.4 is 10.5 Å². The van der Waals surface area contributed by atoms with E-state index in [1.54, 1.807) is 0 Å². The van der Waals surface area contributed by atoms with Crippen molar-refractivity contribution in [2.75, 3.05) is 0 Å². The summed E-state index contributed by atoms with van der Waals surface area (Å²) in [5.41, 5.74) is 0.868. The highest BCUT2D eigenvalue weighted by Crippen LogP contribution is 2.38. The molecule has 11 heteroatoms. The van der Waals surface area contributed by atoms with Gasteiger partial charge in [-0.05, 0) is 0 Å². The average molecular weight is 304 g/mol. The molecule has 0 aliphatic rings. The zero-order valence-corrected chi connectivity index (χ0v) is 9.34. The van der Waals surface area contributed by atoms with Crippen molar-refractivity contribution in [3.05, 3.63) is 23.0 Å². The summed E-state index contributed by atoms with van der Waals surface area (Å²) in [6.07, 6.45) is -10.3. The summed E-state index contributed by atoms with van der Waals surface area (Å²) < 4.78 is 77.6. The Morgan fingerprint density at radius 3 is 2.20 bits per heavy atom. The summed E-state index contributed by atoms with van der Waals surface area (Å²) in [6, 6.07) is 0. The molecule has 0 unspecified atom stereocenters. The predicted molar refractivity (Wildman–Crippen MR) is 50.8 cm³/mol. The molecule has 5 nitrogen and oxygen atoms in total. The van der Waals surface area contributed by atoms with Gasteiger partial charge in [-0.1, -0.05) is 0 Å². The van der Waals surface area contributed by atoms with Crippen LogP contribution in [0.25, 0.3) is 0 Å². The number of carboxylic acid groups (broad SMARTS) is 1. The second-order valence-electron chi connectivity index (χ2n) is 3.38. The molecule has 0 atom stereocenters. The molecule has 0 amide bonds. The number of nitrogens with two attached hydrogens (primary N) is 1. The molecule has 0 spiro atoms. The fourth-order valence-corrected chi connectivity index (χ4v) is 1.35. The summed E-state index contributed by atoms with van der Waals surface area (Å²) >= 11 is 0. The number of carboxylic acids is 1. The van der Waals surface area contributed by atoms with E-state index in [9.17, 15) is 31.1 Å². The Morgan fingerprint density at radius 2 is 1.85 bits per heavy atom. The minimum atomic E-state index is -5.38. The van der Waals surface area contributed by atoms with E-state index in [0.29, 0.717) is 0 Å². The molecule has 0 aliphatic carbocycles. The highest BCUT2D eigenvalue weighted by Gasteiger charge is 2.41. The van der Waals surface area contributed by atoms with Crippen molar-refractivity contribution in [2.24, 2.45) is 5.73 Å². The summed E-state index contributed by atoms with van der Waals surface area (Å²) in [4.78, 5) is 13.5. The van der Waals surface area contributed by atoms with E-state index in [1.165, 1.54) is 0 Å². The summed E-state index contributed by atoms with van der Waals surface area (Å²) in [7, 11) is 0. The van der Waals surface area contributed by atoms with Crippen LogP contribution in [-0.2, 0) is 12.7 Å². The molecule has 0 bridgehead atoms. The van der Waals surface area contributed by atoms with Crippen molar-refractivity contribution >= 4 is 5.97 Å². The third-order valence-electron chi connectivity index (χ3n) is 2.05. The van der Waals surface area contributed by atoms with Gasteiger partial charge in [0.05, 0.1) is 0 Å². The number of aromatic carboxylic acids is 1. The average Bonchev–Trinajstić information content (AvgIpc) is 2.24. The number of ether oxygens (including phenoxy) is 1. The van der Waals surface area contributed by atoms with Gasteiger partial charge >= 0.3 is 18.5 Å². The van der Waals surface area contributed by atoms with Gasteiger partial charge in [0.1, 0.15) is 5.56 Å². The van der Waals surface area contributed by atoms with Crippen LogP contribution in [0.3, 0.4) is 0 Å². The number of hydrogen-bond acceptors (Lipinski definition) is 4. The first kappa shape index (κ1) is 16.0. The van der Waals surface area contributed by atoms with Gasteiger partial charge in [0, 0.05) is 18.3 Å². The van der Waals surface area contributed by atoms with Gasteiger partial charge in [-0.15, -0.1) is 13.2 Å². The van der Waals surface area contributed by atoms with Crippen LogP contribution >= 0.6 is 0 Å². The highest BCUT2D eigenvalue weighted by atomic mass is 19.4. The van der Waals surface area contributed by atoms with Gasteiger partial charge in [0.2, 0.25) is 0 Å². The van der Waals surface area contributed by atoms with Gasteiger partial charge < -0.3 is 15.6 Å². The largest absolute Gasteiger partial charge is 0.573 e. The molecule has 1 aromatic rings. The lowest BCUT2D eigenvalue weighted by atomic mass is 10.1. The summed E-state index contributed by atoms with van der Waals surface area (Å²) in [6.45, 7) is -1.03. The van der Waals surface area contributed by atoms with Gasteiger partial charge in [-0.25, -0.2) is 4.79 Å². The van der Waals surface area contributed by atoms with Crippen LogP contribution in [0.5, 0.6) is 5.75 Å². The zero-order chi connectivity index (χ0) is 15.7. The maximum absolute atomic E-state index is 12.6. The van der Waals surface area contributed by atoms with Gasteiger partial charge in [0.15, 0.2) is 11.4 Å². The van der Waals surface area contributed by atoms with E-state index >= 15 is 0 Å². The molecule has 1 rings (SSSR count). The molecule has 0 saturated carbocycles. The quantitative estimate of drug-likeness (QED) is 0.836. The van der Waals surface area contributed by atoms with Gasteiger partial charge in [-0.3, -0.25) is 4.98 Å². The van der Waals surface area contributed by atoms with E-state index in [-0.39, 0.29) is 6.20 Å². The zero-order valence-electron chi connectivity index (χ0n) is 9.34. The second kappa shape index (κ2) is 5.15. The van der Waals surface area contributed by atoms with Crippen molar-refractivity contribution in [3.8, 4) is 5.75 Å². The van der Waals surface area contributed by atoms with E-state index in [2.05, 4.69) is 9.72 Å². The molecule has 0 radical (unpaired) electrons. The first-order chi connectivity index (χ1) is 8.97. The minimum absolute atomic E-state index is 0.130. The summed E-state index contributed by atoms with van der Waals surface area (Å²) in [5.74, 6) is -3.45. The lowest BCUT2D eigenvalue weighted by Gasteiger charge is -2.18. The number of nitrogens with zero attached hydrogens (tertiary/aromatic N) is 1. The third kappa shape index (κ3) is 3.50.